The Morgan fingerprint density at radius 2 is 1.54 bits per heavy atom. The first-order valence-electron chi connectivity index (χ1n) is 9.23. The fourth-order valence-corrected chi connectivity index (χ4v) is 3.81. The molecular weight excluding hydrogens is 370 g/mol. The predicted molar refractivity (Wildman–Crippen MR) is 112 cm³/mol. The second kappa shape index (κ2) is 9.85. The molecule has 0 spiro atoms. The number of nitrogens with one attached hydrogen (secondary N) is 1. The van der Waals surface area contributed by atoms with Gasteiger partial charge >= 0.3 is 5.97 Å². The third-order valence-electron chi connectivity index (χ3n) is 4.43. The first kappa shape index (κ1) is 19.8. The van der Waals surface area contributed by atoms with Gasteiger partial charge in [0.2, 0.25) is 0 Å². The zero-order valence-electron chi connectivity index (χ0n) is 15.8. The molecule has 1 aromatic heterocycles. The van der Waals surface area contributed by atoms with Gasteiger partial charge in [-0.05, 0) is 36.6 Å². The van der Waals surface area contributed by atoms with Crippen LogP contribution in [0, 0.1) is 6.92 Å². The molecule has 0 radical (unpaired) electrons. The minimum Gasteiger partial charge on any atom is -0.451 e. The average molecular weight is 394 g/mol. The largest absolute Gasteiger partial charge is 0.451 e. The summed E-state index contributed by atoms with van der Waals surface area (Å²) < 4.78 is 5.09. The number of aryl methyl sites for hydroxylation is 1. The average Bonchev–Trinajstić information content (AvgIpc) is 3.17. The van der Waals surface area contributed by atoms with Crippen molar-refractivity contribution >= 4 is 23.2 Å². The highest BCUT2D eigenvalue weighted by atomic mass is 32.1. The molecule has 0 saturated carbocycles. The van der Waals surface area contributed by atoms with Crippen molar-refractivity contribution < 1.29 is 14.3 Å². The van der Waals surface area contributed by atoms with E-state index < -0.39 is 5.97 Å². The van der Waals surface area contributed by atoms with Gasteiger partial charge in [-0.25, -0.2) is 4.79 Å². The van der Waals surface area contributed by atoms with Gasteiger partial charge < -0.3 is 10.1 Å². The molecule has 3 rings (SSSR count). The van der Waals surface area contributed by atoms with Crippen molar-refractivity contribution in [2.45, 2.75) is 19.3 Å². The Balaban J connectivity index is 1.51. The molecule has 1 N–H and O–H groups in total. The number of benzene rings is 2. The van der Waals surface area contributed by atoms with Crippen LogP contribution in [-0.4, -0.2) is 25.0 Å². The second-order valence-electron chi connectivity index (χ2n) is 6.50. The number of thiophene rings is 1. The Kier molecular flexibility index (Phi) is 6.98. The zero-order valence-corrected chi connectivity index (χ0v) is 16.6. The van der Waals surface area contributed by atoms with E-state index in [1.165, 1.54) is 22.5 Å². The van der Waals surface area contributed by atoms with Crippen molar-refractivity contribution in [3.63, 3.8) is 0 Å². The predicted octanol–water partition coefficient (Wildman–Crippen LogP) is 4.55. The summed E-state index contributed by atoms with van der Waals surface area (Å²) >= 11 is 1.36. The molecule has 0 fully saturated rings. The highest BCUT2D eigenvalue weighted by Crippen LogP contribution is 2.27. The Labute approximate surface area is 169 Å². The fourth-order valence-electron chi connectivity index (χ4n) is 3.05. The maximum Gasteiger partial charge on any atom is 0.348 e. The van der Waals surface area contributed by atoms with Crippen molar-refractivity contribution in [3.8, 4) is 0 Å². The number of carbonyl (C=O) groups is 2. The molecule has 0 aliphatic rings. The third-order valence-corrected chi connectivity index (χ3v) is 5.42. The van der Waals surface area contributed by atoms with Crippen molar-refractivity contribution in [1.82, 2.24) is 5.32 Å². The van der Waals surface area contributed by atoms with Crippen LogP contribution in [0.3, 0.4) is 0 Å². The van der Waals surface area contributed by atoms with E-state index in [2.05, 4.69) is 29.6 Å². The molecule has 3 aromatic rings. The number of amides is 1. The third kappa shape index (κ3) is 5.54. The van der Waals surface area contributed by atoms with Crippen LogP contribution in [0.2, 0.25) is 0 Å². The van der Waals surface area contributed by atoms with E-state index in [0.29, 0.717) is 11.4 Å². The van der Waals surface area contributed by atoms with Crippen molar-refractivity contribution in [1.29, 1.82) is 0 Å². The van der Waals surface area contributed by atoms with Crippen LogP contribution >= 0.6 is 11.3 Å². The highest BCUT2D eigenvalue weighted by Gasteiger charge is 2.15. The van der Waals surface area contributed by atoms with Gasteiger partial charge in [0.1, 0.15) is 4.88 Å². The van der Waals surface area contributed by atoms with Gasteiger partial charge in [0.15, 0.2) is 6.61 Å². The van der Waals surface area contributed by atoms with Crippen LogP contribution in [-0.2, 0) is 9.53 Å². The Hall–Kier alpha value is -2.92. The molecule has 5 heteroatoms. The molecular formula is C23H23NO3S. The molecule has 1 amide bonds. The van der Waals surface area contributed by atoms with E-state index in [1.807, 2.05) is 49.4 Å². The SMILES string of the molecule is Cc1ccc(C(=O)OCC(=O)NCCC(c2ccccc2)c2ccccc2)s1. The molecule has 2 aromatic carbocycles. The number of hydrogen-bond acceptors (Lipinski definition) is 4. The first-order valence-corrected chi connectivity index (χ1v) is 10.1. The summed E-state index contributed by atoms with van der Waals surface area (Å²) in [6, 6.07) is 24.1. The Bertz CT molecular complexity index is 866. The highest BCUT2D eigenvalue weighted by molar-refractivity contribution is 7.13. The van der Waals surface area contributed by atoms with E-state index in [-0.39, 0.29) is 18.4 Å². The van der Waals surface area contributed by atoms with E-state index in [9.17, 15) is 9.59 Å². The minimum absolute atomic E-state index is 0.194. The van der Waals surface area contributed by atoms with Crippen LogP contribution in [0.5, 0.6) is 0 Å². The van der Waals surface area contributed by atoms with Gasteiger partial charge in [0.05, 0.1) is 0 Å². The molecule has 1 heterocycles. The first-order chi connectivity index (χ1) is 13.6. The summed E-state index contributed by atoms with van der Waals surface area (Å²) in [5, 5.41) is 2.85. The molecule has 0 unspecified atom stereocenters. The fraction of sp³-hybridized carbons (Fsp3) is 0.217. The summed E-state index contributed by atoms with van der Waals surface area (Å²) in [4.78, 5) is 25.5. The molecule has 0 atom stereocenters. The van der Waals surface area contributed by atoms with Gasteiger partial charge in [-0.15, -0.1) is 11.3 Å². The van der Waals surface area contributed by atoms with Gasteiger partial charge in [-0.3, -0.25) is 4.79 Å². The van der Waals surface area contributed by atoms with Gasteiger partial charge in [0, 0.05) is 17.3 Å². The van der Waals surface area contributed by atoms with Crippen LogP contribution in [0.1, 0.15) is 38.0 Å². The van der Waals surface area contributed by atoms with Crippen LogP contribution in [0.4, 0.5) is 0 Å². The van der Waals surface area contributed by atoms with E-state index in [0.717, 1.165) is 11.3 Å². The second-order valence-corrected chi connectivity index (χ2v) is 7.79. The molecule has 28 heavy (non-hydrogen) atoms. The molecule has 0 aliphatic carbocycles. The molecule has 0 bridgehead atoms. The zero-order chi connectivity index (χ0) is 19.8. The summed E-state index contributed by atoms with van der Waals surface area (Å²) in [6.07, 6.45) is 0.762. The van der Waals surface area contributed by atoms with Crippen LogP contribution in [0.15, 0.2) is 72.8 Å². The minimum atomic E-state index is -0.459. The quantitative estimate of drug-likeness (QED) is 0.571. The Morgan fingerprint density at radius 1 is 0.929 bits per heavy atom. The topological polar surface area (TPSA) is 55.4 Å². The lowest BCUT2D eigenvalue weighted by atomic mass is 9.88. The van der Waals surface area contributed by atoms with E-state index in [1.54, 1.807) is 6.07 Å². The standard InChI is InChI=1S/C23H23NO3S/c1-17-12-13-21(28-17)23(26)27-16-22(25)24-15-14-20(18-8-4-2-5-9-18)19-10-6-3-7-11-19/h2-13,20H,14-16H2,1H3,(H,24,25). The summed E-state index contributed by atoms with van der Waals surface area (Å²) in [6.45, 7) is 2.16. The maximum absolute atomic E-state index is 12.1. The molecule has 0 saturated heterocycles. The van der Waals surface area contributed by atoms with Crippen molar-refractivity contribution in [2.75, 3.05) is 13.2 Å². The van der Waals surface area contributed by atoms with E-state index in [4.69, 9.17) is 4.74 Å². The molecule has 144 valence electrons. The van der Waals surface area contributed by atoms with Crippen molar-refractivity contribution in [3.05, 3.63) is 93.7 Å². The number of esters is 1. The van der Waals surface area contributed by atoms with Crippen molar-refractivity contribution in [2.24, 2.45) is 0 Å². The molecule has 4 nitrogen and oxygen atoms in total. The van der Waals surface area contributed by atoms with Gasteiger partial charge in [-0.2, -0.15) is 0 Å². The van der Waals surface area contributed by atoms with Crippen LogP contribution < -0.4 is 5.32 Å². The summed E-state index contributed by atoms with van der Waals surface area (Å²) in [7, 11) is 0. The lowest BCUT2D eigenvalue weighted by molar-refractivity contribution is -0.124. The van der Waals surface area contributed by atoms with E-state index >= 15 is 0 Å². The summed E-state index contributed by atoms with van der Waals surface area (Å²) in [5.74, 6) is -0.555. The normalized spacial score (nSPS) is 10.6. The number of rotatable bonds is 8. The van der Waals surface area contributed by atoms with Gasteiger partial charge in [0.25, 0.3) is 5.91 Å². The lowest BCUT2D eigenvalue weighted by Crippen LogP contribution is -2.30. The Morgan fingerprint density at radius 3 is 2.07 bits per heavy atom. The maximum atomic E-state index is 12.1. The monoisotopic (exact) mass is 393 g/mol. The summed E-state index contributed by atoms with van der Waals surface area (Å²) in [5.41, 5.74) is 2.42. The number of ether oxygens (including phenoxy) is 1. The van der Waals surface area contributed by atoms with Crippen LogP contribution in [0.25, 0.3) is 0 Å². The van der Waals surface area contributed by atoms with Gasteiger partial charge in [-0.1, -0.05) is 60.7 Å². The smallest absolute Gasteiger partial charge is 0.348 e. The number of hydrogen-bond donors (Lipinski definition) is 1. The number of carbonyl (C=O) groups excluding carboxylic acids is 2. The molecule has 0 aliphatic heterocycles. The lowest BCUT2D eigenvalue weighted by Gasteiger charge is -2.18.